The van der Waals surface area contributed by atoms with Crippen LogP contribution in [-0.2, 0) is 16.6 Å². The van der Waals surface area contributed by atoms with Crippen molar-refractivity contribution in [2.45, 2.75) is 6.54 Å². The first kappa shape index (κ1) is 14.4. The summed E-state index contributed by atoms with van der Waals surface area (Å²) in [5, 5.41) is 12.4. The van der Waals surface area contributed by atoms with E-state index in [1.165, 1.54) is 0 Å². The fourth-order valence-electron chi connectivity index (χ4n) is 1.22. The van der Waals surface area contributed by atoms with Crippen LogP contribution in [0.25, 0.3) is 0 Å². The van der Waals surface area contributed by atoms with Gasteiger partial charge in [0.2, 0.25) is 10.0 Å². The van der Waals surface area contributed by atoms with E-state index < -0.39 is 10.0 Å². The lowest BCUT2D eigenvalue weighted by atomic mass is 10.2. The van der Waals surface area contributed by atoms with E-state index in [-0.39, 0.29) is 5.75 Å². The van der Waals surface area contributed by atoms with E-state index in [1.807, 2.05) is 6.07 Å². The van der Waals surface area contributed by atoms with Gasteiger partial charge in [0.1, 0.15) is 5.75 Å². The summed E-state index contributed by atoms with van der Waals surface area (Å²) in [5.74, 6) is 0.201. The van der Waals surface area contributed by atoms with E-state index in [0.717, 1.165) is 11.8 Å². The van der Waals surface area contributed by atoms with Crippen LogP contribution in [-0.4, -0.2) is 32.9 Å². The Morgan fingerprint density at radius 1 is 1.35 bits per heavy atom. The summed E-state index contributed by atoms with van der Waals surface area (Å²) in [4.78, 5) is 0. The summed E-state index contributed by atoms with van der Waals surface area (Å²) in [7, 11) is -3.11. The predicted octanol–water partition coefficient (Wildman–Crippen LogP) is 0.794. The van der Waals surface area contributed by atoms with Crippen molar-refractivity contribution in [1.29, 1.82) is 0 Å². The number of nitrogens with one attached hydrogen (secondary N) is 2. The zero-order valence-electron chi connectivity index (χ0n) is 9.40. The average molecular weight is 323 g/mol. The van der Waals surface area contributed by atoms with Gasteiger partial charge in [0.05, 0.1) is 10.7 Å². The Hall–Kier alpha value is -0.630. The molecular formula is C10H15BrN2O3S. The molecule has 3 N–H and O–H groups in total. The van der Waals surface area contributed by atoms with Gasteiger partial charge < -0.3 is 10.4 Å². The molecule has 0 aliphatic rings. The minimum Gasteiger partial charge on any atom is -0.507 e. The molecule has 1 aromatic rings. The van der Waals surface area contributed by atoms with Crippen LogP contribution in [0.3, 0.4) is 0 Å². The van der Waals surface area contributed by atoms with E-state index in [0.29, 0.717) is 24.1 Å². The van der Waals surface area contributed by atoms with E-state index in [2.05, 4.69) is 26.0 Å². The van der Waals surface area contributed by atoms with Crippen molar-refractivity contribution < 1.29 is 13.5 Å². The zero-order chi connectivity index (χ0) is 12.9. The molecular weight excluding hydrogens is 308 g/mol. The van der Waals surface area contributed by atoms with Gasteiger partial charge >= 0.3 is 0 Å². The second-order valence-electron chi connectivity index (χ2n) is 3.63. The molecule has 7 heteroatoms. The highest BCUT2D eigenvalue weighted by atomic mass is 79.9. The van der Waals surface area contributed by atoms with E-state index in [4.69, 9.17) is 0 Å². The van der Waals surface area contributed by atoms with Crippen LogP contribution in [0, 0.1) is 0 Å². The van der Waals surface area contributed by atoms with Crippen molar-refractivity contribution in [3.05, 3.63) is 28.2 Å². The Morgan fingerprint density at radius 2 is 2.06 bits per heavy atom. The number of hydrogen-bond acceptors (Lipinski definition) is 4. The van der Waals surface area contributed by atoms with Gasteiger partial charge in [-0.1, -0.05) is 6.07 Å². The van der Waals surface area contributed by atoms with E-state index >= 15 is 0 Å². The predicted molar refractivity (Wildman–Crippen MR) is 70.4 cm³/mol. The molecule has 0 heterocycles. The molecule has 0 bridgehead atoms. The second kappa shape index (κ2) is 6.34. The molecule has 96 valence electrons. The van der Waals surface area contributed by atoms with Crippen molar-refractivity contribution in [2.24, 2.45) is 0 Å². The van der Waals surface area contributed by atoms with Crippen molar-refractivity contribution in [3.63, 3.8) is 0 Å². The minimum absolute atomic E-state index is 0.201. The highest BCUT2D eigenvalue weighted by Crippen LogP contribution is 2.23. The zero-order valence-corrected chi connectivity index (χ0v) is 11.8. The average Bonchev–Trinajstić information content (AvgIpc) is 2.21. The third-order valence-corrected chi connectivity index (χ3v) is 3.37. The lowest BCUT2D eigenvalue weighted by molar-refractivity contribution is 0.471. The van der Waals surface area contributed by atoms with E-state index in [9.17, 15) is 13.5 Å². The fraction of sp³-hybridized carbons (Fsp3) is 0.400. The molecule has 17 heavy (non-hydrogen) atoms. The molecule has 0 aromatic heterocycles. The first-order valence-corrected chi connectivity index (χ1v) is 7.69. The summed E-state index contributed by atoms with van der Waals surface area (Å²) in [6.45, 7) is 1.52. The molecule has 0 radical (unpaired) electrons. The first-order chi connectivity index (χ1) is 7.88. The molecule has 0 fully saturated rings. The van der Waals surface area contributed by atoms with Crippen molar-refractivity contribution in [2.75, 3.05) is 19.3 Å². The first-order valence-electron chi connectivity index (χ1n) is 5.01. The van der Waals surface area contributed by atoms with Crippen LogP contribution >= 0.6 is 15.9 Å². The molecule has 1 aromatic carbocycles. The number of benzene rings is 1. The Morgan fingerprint density at radius 3 is 2.65 bits per heavy atom. The summed E-state index contributed by atoms with van der Waals surface area (Å²) >= 11 is 3.23. The van der Waals surface area contributed by atoms with Gasteiger partial charge in [0.15, 0.2) is 0 Å². The Balaban J connectivity index is 2.29. The fourth-order valence-corrected chi connectivity index (χ4v) is 2.12. The summed E-state index contributed by atoms with van der Waals surface area (Å²) < 4.78 is 24.6. The molecule has 0 atom stereocenters. The third-order valence-electron chi connectivity index (χ3n) is 2.01. The Labute approximate surface area is 109 Å². The maximum atomic E-state index is 10.8. The van der Waals surface area contributed by atoms with Crippen LogP contribution in [0.15, 0.2) is 22.7 Å². The van der Waals surface area contributed by atoms with Crippen LogP contribution in [0.5, 0.6) is 5.75 Å². The van der Waals surface area contributed by atoms with Crippen LogP contribution in [0.4, 0.5) is 0 Å². The van der Waals surface area contributed by atoms with Gasteiger partial charge in [-0.05, 0) is 33.6 Å². The molecule has 0 spiro atoms. The third kappa shape index (κ3) is 6.02. The monoisotopic (exact) mass is 322 g/mol. The van der Waals surface area contributed by atoms with Gasteiger partial charge in [0, 0.05) is 19.6 Å². The quantitative estimate of drug-likeness (QED) is 0.677. The largest absolute Gasteiger partial charge is 0.507 e. The molecule has 0 unspecified atom stereocenters. The summed E-state index contributed by atoms with van der Waals surface area (Å²) in [5.41, 5.74) is 1.01. The van der Waals surface area contributed by atoms with Gasteiger partial charge in [0.25, 0.3) is 0 Å². The Bertz CT molecular complexity index is 476. The normalized spacial score (nSPS) is 11.6. The summed E-state index contributed by atoms with van der Waals surface area (Å²) in [6.07, 6.45) is 1.13. The summed E-state index contributed by atoms with van der Waals surface area (Å²) in [6, 6.07) is 5.22. The number of rotatable bonds is 6. The maximum Gasteiger partial charge on any atom is 0.208 e. The molecule has 0 aliphatic carbocycles. The number of aromatic hydroxyl groups is 1. The SMILES string of the molecule is CS(=O)(=O)NCCNCc1ccc(O)c(Br)c1. The number of halogens is 1. The van der Waals surface area contributed by atoms with Crippen molar-refractivity contribution in [3.8, 4) is 5.75 Å². The number of sulfonamides is 1. The molecule has 5 nitrogen and oxygen atoms in total. The maximum absolute atomic E-state index is 10.8. The Kier molecular flexibility index (Phi) is 5.38. The highest BCUT2D eigenvalue weighted by molar-refractivity contribution is 9.10. The molecule has 0 amide bonds. The molecule has 1 rings (SSSR count). The minimum atomic E-state index is -3.11. The number of hydrogen-bond donors (Lipinski definition) is 3. The van der Waals surface area contributed by atoms with Gasteiger partial charge in [-0.3, -0.25) is 0 Å². The van der Waals surface area contributed by atoms with Crippen molar-refractivity contribution in [1.82, 2.24) is 10.0 Å². The van der Waals surface area contributed by atoms with Crippen LogP contribution < -0.4 is 10.0 Å². The topological polar surface area (TPSA) is 78.4 Å². The van der Waals surface area contributed by atoms with Gasteiger partial charge in [-0.2, -0.15) is 0 Å². The molecule has 0 saturated carbocycles. The number of phenolic OH excluding ortho intramolecular Hbond substituents is 1. The van der Waals surface area contributed by atoms with Gasteiger partial charge in [-0.25, -0.2) is 13.1 Å². The second-order valence-corrected chi connectivity index (χ2v) is 6.32. The lowest BCUT2D eigenvalue weighted by Crippen LogP contribution is -2.30. The van der Waals surface area contributed by atoms with Crippen molar-refractivity contribution >= 4 is 26.0 Å². The number of phenols is 1. The molecule has 0 aliphatic heterocycles. The van der Waals surface area contributed by atoms with Crippen LogP contribution in [0.1, 0.15) is 5.56 Å². The highest BCUT2D eigenvalue weighted by Gasteiger charge is 2.00. The lowest BCUT2D eigenvalue weighted by Gasteiger charge is -2.06. The smallest absolute Gasteiger partial charge is 0.208 e. The standard InChI is InChI=1S/C10H15BrN2O3S/c1-17(15,16)13-5-4-12-7-8-2-3-10(14)9(11)6-8/h2-3,6,12-14H,4-5,7H2,1H3. The van der Waals surface area contributed by atoms with Crippen LogP contribution in [0.2, 0.25) is 0 Å². The molecule has 0 saturated heterocycles. The van der Waals surface area contributed by atoms with E-state index in [1.54, 1.807) is 12.1 Å². The van der Waals surface area contributed by atoms with Gasteiger partial charge in [-0.15, -0.1) is 0 Å².